The highest BCUT2D eigenvalue weighted by molar-refractivity contribution is 5.13. The van der Waals surface area contributed by atoms with Crippen molar-refractivity contribution in [2.24, 2.45) is 5.92 Å². The fourth-order valence-electron chi connectivity index (χ4n) is 2.88. The van der Waals surface area contributed by atoms with Gasteiger partial charge >= 0.3 is 0 Å². The molecule has 0 unspecified atom stereocenters. The Balaban J connectivity index is 2.23. The molecule has 1 aromatic carbocycles. The molecule has 0 aromatic heterocycles. The maximum atomic E-state index is 10.3. The van der Waals surface area contributed by atoms with Crippen molar-refractivity contribution in [1.82, 2.24) is 0 Å². The summed E-state index contributed by atoms with van der Waals surface area (Å²) in [4.78, 5) is 0. The minimum absolute atomic E-state index is 0.207. The van der Waals surface area contributed by atoms with Gasteiger partial charge in [-0.3, -0.25) is 0 Å². The monoisotopic (exact) mass is 334 g/mol. The van der Waals surface area contributed by atoms with E-state index in [4.69, 9.17) is 4.74 Å². The Kier molecular flexibility index (Phi) is 11.5. The number of benzene rings is 1. The third-order valence-corrected chi connectivity index (χ3v) is 4.41. The average Bonchev–Trinajstić information content (AvgIpc) is 2.59. The number of hydrogen-bond donors (Lipinski definition) is 2. The maximum Gasteiger partial charge on any atom is 0.0860 e. The number of rotatable bonds is 14. The minimum Gasteiger partial charge on any atom is -0.392 e. The molecule has 0 radical (unpaired) electrons. The van der Waals surface area contributed by atoms with E-state index in [0.717, 1.165) is 18.4 Å². The van der Waals surface area contributed by atoms with Gasteiger partial charge in [0.15, 0.2) is 0 Å². The third kappa shape index (κ3) is 8.62. The zero-order valence-corrected chi connectivity index (χ0v) is 15.1. The lowest BCUT2D eigenvalue weighted by molar-refractivity contribution is -0.0279. The van der Waals surface area contributed by atoms with Crippen molar-refractivity contribution in [2.75, 3.05) is 6.61 Å². The van der Waals surface area contributed by atoms with E-state index in [2.05, 4.69) is 13.5 Å². The molecule has 24 heavy (non-hydrogen) atoms. The molecule has 136 valence electrons. The van der Waals surface area contributed by atoms with Crippen LogP contribution < -0.4 is 0 Å². The smallest absolute Gasteiger partial charge is 0.0860 e. The van der Waals surface area contributed by atoms with Crippen LogP contribution in [-0.4, -0.2) is 29.0 Å². The van der Waals surface area contributed by atoms with Crippen LogP contribution in [0.5, 0.6) is 0 Å². The zero-order chi connectivity index (χ0) is 17.6. The van der Waals surface area contributed by atoms with Gasteiger partial charge in [0.1, 0.15) is 0 Å². The Morgan fingerprint density at radius 3 is 2.33 bits per heavy atom. The van der Waals surface area contributed by atoms with Crippen LogP contribution in [0.25, 0.3) is 0 Å². The number of ether oxygens (including phenoxy) is 1. The summed E-state index contributed by atoms with van der Waals surface area (Å²) in [5.74, 6) is -0.337. The first-order chi connectivity index (χ1) is 11.7. The number of unbranched alkanes of at least 4 members (excludes halogenated alkanes) is 5. The summed E-state index contributed by atoms with van der Waals surface area (Å²) < 4.78 is 5.58. The summed E-state index contributed by atoms with van der Waals surface area (Å²) in [5, 5.41) is 20.6. The average molecular weight is 334 g/mol. The van der Waals surface area contributed by atoms with Gasteiger partial charge in [-0.05, 0) is 12.0 Å². The highest BCUT2D eigenvalue weighted by atomic mass is 16.5. The summed E-state index contributed by atoms with van der Waals surface area (Å²) in [6.07, 6.45) is 8.25. The summed E-state index contributed by atoms with van der Waals surface area (Å²) in [6.45, 7) is 6.65. The van der Waals surface area contributed by atoms with Gasteiger partial charge in [-0.1, -0.05) is 81.9 Å². The van der Waals surface area contributed by atoms with E-state index >= 15 is 0 Å². The Bertz CT molecular complexity index is 418. The first kappa shape index (κ1) is 20.9. The fraction of sp³-hybridized carbons (Fsp3) is 0.619. The predicted octanol–water partition coefficient (Wildman–Crippen LogP) is 4.48. The zero-order valence-electron chi connectivity index (χ0n) is 15.1. The molecule has 1 rings (SSSR count). The van der Waals surface area contributed by atoms with E-state index in [9.17, 15) is 10.2 Å². The molecule has 0 saturated heterocycles. The quantitative estimate of drug-likeness (QED) is 0.390. The molecule has 0 aliphatic heterocycles. The highest BCUT2D eigenvalue weighted by Gasteiger charge is 2.24. The van der Waals surface area contributed by atoms with Crippen LogP contribution in [0.2, 0.25) is 0 Å². The lowest BCUT2D eigenvalue weighted by Crippen LogP contribution is -2.33. The van der Waals surface area contributed by atoms with Gasteiger partial charge in [0.25, 0.3) is 0 Å². The first-order valence-corrected chi connectivity index (χ1v) is 9.29. The highest BCUT2D eigenvalue weighted by Crippen LogP contribution is 2.18. The maximum absolute atomic E-state index is 10.3. The second kappa shape index (κ2) is 13.2. The van der Waals surface area contributed by atoms with Gasteiger partial charge in [-0.15, -0.1) is 6.58 Å². The van der Waals surface area contributed by atoms with Gasteiger partial charge in [0.05, 0.1) is 25.4 Å². The van der Waals surface area contributed by atoms with Gasteiger partial charge in [0.2, 0.25) is 0 Å². The minimum atomic E-state index is -0.721. The van der Waals surface area contributed by atoms with Gasteiger partial charge in [-0.25, -0.2) is 0 Å². The molecule has 0 saturated carbocycles. The van der Waals surface area contributed by atoms with E-state index in [1.165, 1.54) is 25.7 Å². The summed E-state index contributed by atoms with van der Waals surface area (Å²) in [6, 6.07) is 9.87. The lowest BCUT2D eigenvalue weighted by atomic mass is 9.92. The van der Waals surface area contributed by atoms with Crippen LogP contribution in [-0.2, 0) is 11.3 Å². The van der Waals surface area contributed by atoms with Crippen molar-refractivity contribution in [3.8, 4) is 0 Å². The number of aliphatic hydroxyl groups excluding tert-OH is 2. The molecule has 0 heterocycles. The SMILES string of the molecule is C=C[C@H]([C@H](O)CCCCCCCC)[C@@H](O)COCc1ccccc1. The van der Waals surface area contributed by atoms with Crippen molar-refractivity contribution in [1.29, 1.82) is 0 Å². The van der Waals surface area contributed by atoms with Crippen LogP contribution >= 0.6 is 0 Å². The van der Waals surface area contributed by atoms with Gasteiger partial charge < -0.3 is 14.9 Å². The third-order valence-electron chi connectivity index (χ3n) is 4.41. The largest absolute Gasteiger partial charge is 0.392 e. The van der Waals surface area contributed by atoms with E-state index in [1.807, 2.05) is 30.3 Å². The second-order valence-electron chi connectivity index (χ2n) is 6.50. The van der Waals surface area contributed by atoms with Crippen LogP contribution in [0.4, 0.5) is 0 Å². The molecule has 2 N–H and O–H groups in total. The number of hydrogen-bond acceptors (Lipinski definition) is 3. The second-order valence-corrected chi connectivity index (χ2v) is 6.50. The van der Waals surface area contributed by atoms with Crippen molar-refractivity contribution in [3.05, 3.63) is 48.6 Å². The summed E-state index contributed by atoms with van der Waals surface area (Å²) in [5.41, 5.74) is 1.08. The molecule has 1 aromatic rings. The molecule has 0 bridgehead atoms. The predicted molar refractivity (Wildman–Crippen MR) is 99.8 cm³/mol. The fourth-order valence-corrected chi connectivity index (χ4v) is 2.88. The van der Waals surface area contributed by atoms with Crippen molar-refractivity contribution in [3.63, 3.8) is 0 Å². The van der Waals surface area contributed by atoms with Crippen LogP contribution in [0.3, 0.4) is 0 Å². The summed E-state index contributed by atoms with van der Waals surface area (Å²) >= 11 is 0. The van der Waals surface area contributed by atoms with Crippen LogP contribution in [0.1, 0.15) is 57.4 Å². The Morgan fingerprint density at radius 1 is 1.00 bits per heavy atom. The summed E-state index contributed by atoms with van der Waals surface area (Å²) in [7, 11) is 0. The molecule has 0 aliphatic carbocycles. The molecule has 3 nitrogen and oxygen atoms in total. The van der Waals surface area contributed by atoms with Gasteiger partial charge in [0, 0.05) is 5.92 Å². The molecular weight excluding hydrogens is 300 g/mol. The first-order valence-electron chi connectivity index (χ1n) is 9.29. The normalized spacial score (nSPS) is 15.0. The van der Waals surface area contributed by atoms with Crippen molar-refractivity contribution >= 4 is 0 Å². The standard InChI is InChI=1S/C21H34O3/c1-3-5-6-7-8-12-15-20(22)19(4-2)21(23)17-24-16-18-13-10-9-11-14-18/h4,9-11,13-14,19-23H,2-3,5-8,12,15-17H2,1H3/t19-,20-,21+/m1/s1. The van der Waals surface area contributed by atoms with E-state index < -0.39 is 12.2 Å². The molecule has 0 spiro atoms. The van der Waals surface area contributed by atoms with Crippen LogP contribution in [0.15, 0.2) is 43.0 Å². The molecule has 3 heteroatoms. The van der Waals surface area contributed by atoms with Crippen molar-refractivity contribution < 1.29 is 14.9 Å². The molecule has 0 aliphatic rings. The Hall–Kier alpha value is -1.16. The lowest BCUT2D eigenvalue weighted by Gasteiger charge is -2.25. The molecule has 0 fully saturated rings. The van der Waals surface area contributed by atoms with E-state index in [1.54, 1.807) is 6.08 Å². The van der Waals surface area contributed by atoms with E-state index in [-0.39, 0.29) is 12.5 Å². The molecule has 0 amide bonds. The van der Waals surface area contributed by atoms with E-state index in [0.29, 0.717) is 13.0 Å². The van der Waals surface area contributed by atoms with Crippen LogP contribution in [0, 0.1) is 5.92 Å². The van der Waals surface area contributed by atoms with Gasteiger partial charge in [-0.2, -0.15) is 0 Å². The van der Waals surface area contributed by atoms with Crippen molar-refractivity contribution in [2.45, 2.75) is 70.7 Å². The Labute approximate surface area is 147 Å². The number of aliphatic hydroxyl groups is 2. The molecular formula is C21H34O3. The topological polar surface area (TPSA) is 49.7 Å². The molecule has 3 atom stereocenters. The Morgan fingerprint density at radius 2 is 1.67 bits per heavy atom.